The molecule has 2 rings (SSSR count). The van der Waals surface area contributed by atoms with Crippen LogP contribution in [0.5, 0.6) is 0 Å². The molecule has 0 saturated carbocycles. The van der Waals surface area contributed by atoms with Crippen molar-refractivity contribution in [3.63, 3.8) is 0 Å². The molecule has 18 heavy (non-hydrogen) atoms. The molecule has 2 aromatic rings. The first-order valence-electron chi connectivity index (χ1n) is 4.90. The maximum Gasteiger partial charge on any atom is 0.416 e. The Labute approximate surface area is 101 Å². The van der Waals surface area contributed by atoms with Gasteiger partial charge in [0, 0.05) is 18.0 Å². The molecule has 90 valence electrons. The van der Waals surface area contributed by atoms with Crippen LogP contribution < -0.4 is 0 Å². The zero-order valence-corrected chi connectivity index (χ0v) is 8.94. The first-order chi connectivity index (χ1) is 8.50. The van der Waals surface area contributed by atoms with Crippen LogP contribution in [0.3, 0.4) is 0 Å². The fourth-order valence-corrected chi connectivity index (χ4v) is 1.34. The van der Waals surface area contributed by atoms with Gasteiger partial charge in [0.2, 0.25) is 0 Å². The molecule has 3 nitrogen and oxygen atoms in total. The fourth-order valence-electron chi connectivity index (χ4n) is 1.34. The van der Waals surface area contributed by atoms with E-state index in [9.17, 15) is 13.2 Å². The van der Waals surface area contributed by atoms with Crippen molar-refractivity contribution in [2.75, 3.05) is 0 Å². The van der Waals surface area contributed by atoms with Crippen molar-refractivity contribution >= 4 is 0 Å². The smallest absolute Gasteiger partial charge is 0.235 e. The van der Waals surface area contributed by atoms with E-state index in [1.165, 1.54) is 24.5 Å². The lowest BCUT2D eigenvalue weighted by Gasteiger charge is -2.06. The normalized spacial score (nSPS) is 11.0. The molecule has 1 aromatic heterocycles. The summed E-state index contributed by atoms with van der Waals surface area (Å²) in [6.45, 7) is 0. The van der Waals surface area contributed by atoms with E-state index in [2.05, 4.69) is 9.97 Å². The van der Waals surface area contributed by atoms with Crippen molar-refractivity contribution in [1.29, 1.82) is 5.26 Å². The highest BCUT2D eigenvalue weighted by Gasteiger charge is 2.30. The summed E-state index contributed by atoms with van der Waals surface area (Å²) < 4.78 is 37.1. The second-order valence-electron chi connectivity index (χ2n) is 3.48. The summed E-state index contributed by atoms with van der Waals surface area (Å²) in [4.78, 5) is 7.79. The van der Waals surface area contributed by atoms with Crippen LogP contribution in [0.25, 0.3) is 11.4 Å². The molecular weight excluding hydrogens is 243 g/mol. The zero-order valence-electron chi connectivity index (χ0n) is 8.94. The van der Waals surface area contributed by atoms with Gasteiger partial charge in [-0.05, 0) is 12.1 Å². The van der Waals surface area contributed by atoms with Crippen molar-refractivity contribution in [3.05, 3.63) is 47.8 Å². The summed E-state index contributed by atoms with van der Waals surface area (Å²) >= 11 is 0. The molecule has 0 aliphatic rings. The minimum Gasteiger partial charge on any atom is -0.235 e. The van der Waals surface area contributed by atoms with E-state index in [0.717, 1.165) is 12.1 Å². The summed E-state index contributed by atoms with van der Waals surface area (Å²) in [6.07, 6.45) is -1.72. The van der Waals surface area contributed by atoms with Crippen molar-refractivity contribution in [1.82, 2.24) is 9.97 Å². The summed E-state index contributed by atoms with van der Waals surface area (Å²) in [6, 6.07) is 6.39. The average molecular weight is 249 g/mol. The molecule has 0 atom stereocenters. The molecule has 1 aromatic carbocycles. The number of benzene rings is 1. The number of hydrogen-bond donors (Lipinski definition) is 0. The third-order valence-corrected chi connectivity index (χ3v) is 2.25. The lowest BCUT2D eigenvalue weighted by Crippen LogP contribution is -2.04. The van der Waals surface area contributed by atoms with Gasteiger partial charge in [-0.3, -0.25) is 0 Å². The Bertz CT molecular complexity index is 580. The fraction of sp³-hybridized carbons (Fsp3) is 0.0833. The minimum absolute atomic E-state index is 0.280. The highest BCUT2D eigenvalue weighted by molar-refractivity contribution is 5.55. The second kappa shape index (κ2) is 4.45. The molecule has 0 aliphatic heterocycles. The topological polar surface area (TPSA) is 49.6 Å². The van der Waals surface area contributed by atoms with Crippen LogP contribution in [0.15, 0.2) is 36.7 Å². The van der Waals surface area contributed by atoms with Gasteiger partial charge in [-0.25, -0.2) is 9.97 Å². The van der Waals surface area contributed by atoms with Gasteiger partial charge in [0.25, 0.3) is 0 Å². The highest BCUT2D eigenvalue weighted by Crippen LogP contribution is 2.30. The van der Waals surface area contributed by atoms with Crippen LogP contribution in [-0.2, 0) is 6.18 Å². The summed E-state index contributed by atoms with van der Waals surface area (Å²) in [5.41, 5.74) is 0.0399. The molecule has 1 heterocycles. The molecule has 0 amide bonds. The largest absolute Gasteiger partial charge is 0.416 e. The standard InChI is InChI=1S/C12H6F3N3/c13-12(14,15)10-3-1-9(2-4-10)11-17-6-8(5-16)7-18-11/h1-4,6-7H. The molecule has 0 fully saturated rings. The van der Waals surface area contributed by atoms with E-state index in [-0.39, 0.29) is 5.82 Å². The van der Waals surface area contributed by atoms with Crippen LogP contribution >= 0.6 is 0 Å². The van der Waals surface area contributed by atoms with Gasteiger partial charge in [0.15, 0.2) is 5.82 Å². The monoisotopic (exact) mass is 249 g/mol. The number of nitriles is 1. The van der Waals surface area contributed by atoms with E-state index in [4.69, 9.17) is 5.26 Å². The molecule has 0 spiro atoms. The van der Waals surface area contributed by atoms with Gasteiger partial charge < -0.3 is 0 Å². The second-order valence-corrected chi connectivity index (χ2v) is 3.48. The van der Waals surface area contributed by atoms with E-state index < -0.39 is 11.7 Å². The molecule has 6 heteroatoms. The van der Waals surface area contributed by atoms with Gasteiger partial charge >= 0.3 is 6.18 Å². The van der Waals surface area contributed by atoms with E-state index >= 15 is 0 Å². The predicted molar refractivity (Wildman–Crippen MR) is 57.2 cm³/mol. The maximum atomic E-state index is 12.4. The Hall–Kier alpha value is -2.42. The van der Waals surface area contributed by atoms with Crippen LogP contribution in [-0.4, -0.2) is 9.97 Å². The lowest BCUT2D eigenvalue weighted by atomic mass is 10.1. The number of rotatable bonds is 1. The van der Waals surface area contributed by atoms with Gasteiger partial charge in [0.1, 0.15) is 6.07 Å². The number of hydrogen-bond acceptors (Lipinski definition) is 3. The predicted octanol–water partition coefficient (Wildman–Crippen LogP) is 3.03. The van der Waals surface area contributed by atoms with Gasteiger partial charge in [-0.1, -0.05) is 12.1 Å². The first-order valence-corrected chi connectivity index (χ1v) is 4.90. The molecule has 0 bridgehead atoms. The van der Waals surface area contributed by atoms with Crippen LogP contribution in [0.1, 0.15) is 11.1 Å². The Morgan fingerprint density at radius 3 is 2.00 bits per heavy atom. The minimum atomic E-state index is -4.36. The average Bonchev–Trinajstić information content (AvgIpc) is 2.38. The number of aromatic nitrogens is 2. The summed E-state index contributed by atoms with van der Waals surface area (Å²) in [7, 11) is 0. The Kier molecular flexibility index (Phi) is 2.98. The lowest BCUT2D eigenvalue weighted by molar-refractivity contribution is -0.137. The number of halogens is 3. The van der Waals surface area contributed by atoms with Crippen LogP contribution in [0.4, 0.5) is 13.2 Å². The quantitative estimate of drug-likeness (QED) is 0.780. The van der Waals surface area contributed by atoms with Crippen molar-refractivity contribution in [3.8, 4) is 17.5 Å². The molecule has 0 saturated heterocycles. The summed E-state index contributed by atoms with van der Waals surface area (Å²) in [5, 5.41) is 8.57. The Balaban J connectivity index is 2.32. The summed E-state index contributed by atoms with van der Waals surface area (Å²) in [5.74, 6) is 0.280. The SMILES string of the molecule is N#Cc1cnc(-c2ccc(C(F)(F)F)cc2)nc1. The van der Waals surface area contributed by atoms with Crippen LogP contribution in [0, 0.1) is 11.3 Å². The Morgan fingerprint density at radius 1 is 1.00 bits per heavy atom. The molecule has 0 radical (unpaired) electrons. The van der Waals surface area contributed by atoms with E-state index in [1.54, 1.807) is 0 Å². The zero-order chi connectivity index (χ0) is 13.2. The molecule has 0 aliphatic carbocycles. The van der Waals surface area contributed by atoms with Crippen LogP contribution in [0.2, 0.25) is 0 Å². The first kappa shape index (κ1) is 12.0. The molecule has 0 unspecified atom stereocenters. The Morgan fingerprint density at radius 2 is 1.56 bits per heavy atom. The van der Waals surface area contributed by atoms with Crippen molar-refractivity contribution < 1.29 is 13.2 Å². The van der Waals surface area contributed by atoms with Gasteiger partial charge in [0.05, 0.1) is 11.1 Å². The van der Waals surface area contributed by atoms with Gasteiger partial charge in [-0.2, -0.15) is 18.4 Å². The molecular formula is C12H6F3N3. The van der Waals surface area contributed by atoms with E-state index in [1.807, 2.05) is 6.07 Å². The maximum absolute atomic E-state index is 12.4. The molecule has 0 N–H and O–H groups in total. The number of nitrogens with zero attached hydrogens (tertiary/aromatic N) is 3. The van der Waals surface area contributed by atoms with Crippen molar-refractivity contribution in [2.45, 2.75) is 6.18 Å². The van der Waals surface area contributed by atoms with E-state index in [0.29, 0.717) is 11.1 Å². The third kappa shape index (κ3) is 2.46. The van der Waals surface area contributed by atoms with Crippen molar-refractivity contribution in [2.24, 2.45) is 0 Å². The highest BCUT2D eigenvalue weighted by atomic mass is 19.4. The number of alkyl halides is 3. The third-order valence-electron chi connectivity index (χ3n) is 2.25. The van der Waals surface area contributed by atoms with Gasteiger partial charge in [-0.15, -0.1) is 0 Å².